The van der Waals surface area contributed by atoms with Crippen molar-refractivity contribution in [1.29, 1.82) is 0 Å². The van der Waals surface area contributed by atoms with Gasteiger partial charge in [0, 0.05) is 18.8 Å². The Balaban J connectivity index is 1.38. The van der Waals surface area contributed by atoms with Gasteiger partial charge in [0.2, 0.25) is 0 Å². The lowest BCUT2D eigenvalue weighted by molar-refractivity contribution is 0.192. The van der Waals surface area contributed by atoms with E-state index in [9.17, 15) is 4.79 Å². The van der Waals surface area contributed by atoms with Crippen LogP contribution in [0.1, 0.15) is 47.3 Å². The number of rotatable bonds is 2. The Hall–Kier alpha value is -2.30. The number of nitrogens with one attached hydrogen (secondary N) is 2. The van der Waals surface area contributed by atoms with Crippen LogP contribution in [0.25, 0.3) is 0 Å². The number of aromatic amines is 1. The quantitative estimate of drug-likeness (QED) is 0.834. The molecule has 5 nitrogen and oxygen atoms in total. The lowest BCUT2D eigenvalue weighted by Gasteiger charge is -2.28. The molecule has 126 valence electrons. The first-order valence-electron chi connectivity index (χ1n) is 8.96. The Morgan fingerprint density at radius 2 is 1.96 bits per heavy atom. The van der Waals surface area contributed by atoms with Crippen LogP contribution in [0.4, 0.5) is 4.79 Å². The largest absolute Gasteiger partial charge is 0.332 e. The molecule has 0 spiro atoms. The molecule has 5 heteroatoms. The summed E-state index contributed by atoms with van der Waals surface area (Å²) in [6.07, 6.45) is 6.82. The predicted octanol–water partition coefficient (Wildman–Crippen LogP) is 2.95. The molecule has 0 saturated carbocycles. The molecule has 2 aromatic rings. The van der Waals surface area contributed by atoms with Gasteiger partial charge in [-0.3, -0.25) is 5.10 Å². The van der Waals surface area contributed by atoms with E-state index < -0.39 is 0 Å². The highest BCUT2D eigenvalue weighted by atomic mass is 16.2. The molecular formula is C19H24N4O. The van der Waals surface area contributed by atoms with Crippen molar-refractivity contribution in [3.05, 3.63) is 52.3 Å². The number of nitrogens with zero attached hydrogens (tertiary/aromatic N) is 2. The maximum atomic E-state index is 12.5. The van der Waals surface area contributed by atoms with E-state index in [1.54, 1.807) is 0 Å². The second-order valence-corrected chi connectivity index (χ2v) is 6.79. The summed E-state index contributed by atoms with van der Waals surface area (Å²) < 4.78 is 0. The van der Waals surface area contributed by atoms with Gasteiger partial charge >= 0.3 is 6.03 Å². The number of aryl methyl sites for hydroxylation is 1. The summed E-state index contributed by atoms with van der Waals surface area (Å²) in [5, 5.41) is 10.7. The molecule has 1 aromatic heterocycles. The van der Waals surface area contributed by atoms with Gasteiger partial charge in [-0.25, -0.2) is 4.79 Å². The number of hydrogen-bond acceptors (Lipinski definition) is 2. The summed E-state index contributed by atoms with van der Waals surface area (Å²) in [6.45, 7) is 1.99. The normalized spacial score (nSPS) is 16.9. The van der Waals surface area contributed by atoms with Crippen LogP contribution in [0.2, 0.25) is 0 Å². The Labute approximate surface area is 142 Å². The van der Waals surface area contributed by atoms with E-state index >= 15 is 0 Å². The van der Waals surface area contributed by atoms with E-state index in [4.69, 9.17) is 0 Å². The minimum Gasteiger partial charge on any atom is -0.332 e. The van der Waals surface area contributed by atoms with Crippen molar-refractivity contribution in [2.24, 2.45) is 0 Å². The van der Waals surface area contributed by atoms with Crippen molar-refractivity contribution >= 4 is 6.03 Å². The highest BCUT2D eigenvalue weighted by molar-refractivity contribution is 5.74. The van der Waals surface area contributed by atoms with Crippen molar-refractivity contribution in [2.75, 3.05) is 6.54 Å². The Morgan fingerprint density at radius 1 is 1.12 bits per heavy atom. The van der Waals surface area contributed by atoms with E-state index in [1.807, 2.05) is 11.0 Å². The van der Waals surface area contributed by atoms with Crippen molar-refractivity contribution in [1.82, 2.24) is 20.4 Å². The topological polar surface area (TPSA) is 61.0 Å². The van der Waals surface area contributed by atoms with Gasteiger partial charge in [-0.2, -0.15) is 5.10 Å². The number of hydrogen-bond donors (Lipinski definition) is 2. The van der Waals surface area contributed by atoms with Gasteiger partial charge in [0.25, 0.3) is 0 Å². The zero-order valence-electron chi connectivity index (χ0n) is 14.0. The van der Waals surface area contributed by atoms with Gasteiger partial charge in [0.15, 0.2) is 0 Å². The SMILES string of the molecule is O=C(NCc1n[nH]c2c1CCCCC2)N1CCc2ccccc2C1. The smallest absolute Gasteiger partial charge is 0.318 e. The maximum Gasteiger partial charge on any atom is 0.318 e. The maximum absolute atomic E-state index is 12.5. The fourth-order valence-electron chi connectivity index (χ4n) is 3.81. The van der Waals surface area contributed by atoms with Crippen LogP contribution >= 0.6 is 0 Å². The molecule has 0 unspecified atom stereocenters. The third-order valence-electron chi connectivity index (χ3n) is 5.22. The summed E-state index contributed by atoms with van der Waals surface area (Å²) in [7, 11) is 0. The summed E-state index contributed by atoms with van der Waals surface area (Å²) in [6, 6.07) is 8.39. The molecular weight excluding hydrogens is 300 g/mol. The molecule has 1 aliphatic heterocycles. The van der Waals surface area contributed by atoms with Gasteiger partial charge in [-0.1, -0.05) is 30.7 Å². The fourth-order valence-corrected chi connectivity index (χ4v) is 3.81. The number of benzene rings is 1. The average molecular weight is 324 g/mol. The number of carbonyl (C=O) groups is 1. The van der Waals surface area contributed by atoms with Crippen LogP contribution in [-0.4, -0.2) is 27.7 Å². The van der Waals surface area contributed by atoms with Crippen molar-refractivity contribution in [2.45, 2.75) is 51.6 Å². The minimum atomic E-state index is 0.00914. The first-order valence-corrected chi connectivity index (χ1v) is 8.96. The molecule has 24 heavy (non-hydrogen) atoms. The zero-order valence-corrected chi connectivity index (χ0v) is 14.0. The molecule has 4 rings (SSSR count). The van der Waals surface area contributed by atoms with Crippen LogP contribution < -0.4 is 5.32 Å². The first kappa shape index (κ1) is 15.2. The molecule has 1 aromatic carbocycles. The molecule has 0 saturated heterocycles. The Bertz CT molecular complexity index is 737. The van der Waals surface area contributed by atoms with Crippen molar-refractivity contribution in [3.8, 4) is 0 Å². The van der Waals surface area contributed by atoms with Gasteiger partial charge in [0.05, 0.1) is 12.2 Å². The van der Waals surface area contributed by atoms with Crippen molar-refractivity contribution < 1.29 is 4.79 Å². The lowest BCUT2D eigenvalue weighted by Crippen LogP contribution is -2.42. The van der Waals surface area contributed by atoms with Crippen LogP contribution in [0, 0.1) is 0 Å². The highest BCUT2D eigenvalue weighted by Crippen LogP contribution is 2.22. The van der Waals surface area contributed by atoms with Gasteiger partial charge in [-0.05, 0) is 48.8 Å². The minimum absolute atomic E-state index is 0.00914. The lowest BCUT2D eigenvalue weighted by atomic mass is 10.0. The molecule has 2 N–H and O–H groups in total. The molecule has 1 aliphatic carbocycles. The molecule has 2 amide bonds. The van der Waals surface area contributed by atoms with Crippen LogP contribution in [0.15, 0.2) is 24.3 Å². The second kappa shape index (κ2) is 6.67. The zero-order chi connectivity index (χ0) is 16.4. The highest BCUT2D eigenvalue weighted by Gasteiger charge is 2.21. The standard InChI is InChI=1S/C19H24N4O/c24-19(23-11-10-14-6-4-5-7-15(14)13-23)20-12-18-16-8-2-1-3-9-17(16)21-22-18/h4-7H,1-3,8-13H2,(H,20,24)(H,21,22). The van der Waals surface area contributed by atoms with E-state index in [-0.39, 0.29) is 6.03 Å². The molecule has 0 fully saturated rings. The summed E-state index contributed by atoms with van der Waals surface area (Å²) in [4.78, 5) is 14.4. The molecule has 2 aliphatic rings. The predicted molar refractivity (Wildman–Crippen MR) is 92.6 cm³/mol. The molecule has 0 radical (unpaired) electrons. The van der Waals surface area contributed by atoms with Gasteiger partial charge < -0.3 is 10.2 Å². The van der Waals surface area contributed by atoms with Crippen LogP contribution in [0.5, 0.6) is 0 Å². The Morgan fingerprint density at radius 3 is 2.88 bits per heavy atom. The van der Waals surface area contributed by atoms with Crippen LogP contribution in [-0.2, 0) is 32.4 Å². The number of amides is 2. The number of H-pyrrole nitrogens is 1. The van der Waals surface area contributed by atoms with Gasteiger partial charge in [-0.15, -0.1) is 0 Å². The number of aromatic nitrogens is 2. The van der Waals surface area contributed by atoms with Crippen molar-refractivity contribution in [3.63, 3.8) is 0 Å². The summed E-state index contributed by atoms with van der Waals surface area (Å²) in [5.74, 6) is 0. The monoisotopic (exact) mass is 324 g/mol. The number of urea groups is 1. The second-order valence-electron chi connectivity index (χ2n) is 6.79. The fraction of sp³-hybridized carbons (Fsp3) is 0.474. The van der Waals surface area contributed by atoms with E-state index in [2.05, 4.69) is 33.7 Å². The first-order chi connectivity index (χ1) is 11.8. The van der Waals surface area contributed by atoms with Crippen LogP contribution in [0.3, 0.4) is 0 Å². The molecule has 2 heterocycles. The Kier molecular flexibility index (Phi) is 4.24. The van der Waals surface area contributed by atoms with E-state index in [0.29, 0.717) is 13.1 Å². The summed E-state index contributed by atoms with van der Waals surface area (Å²) in [5.41, 5.74) is 6.23. The third-order valence-corrected chi connectivity index (χ3v) is 5.22. The van der Waals surface area contributed by atoms with Gasteiger partial charge in [0.1, 0.15) is 0 Å². The summed E-state index contributed by atoms with van der Waals surface area (Å²) >= 11 is 0. The average Bonchev–Trinajstić information content (AvgIpc) is 2.85. The van der Waals surface area contributed by atoms with E-state index in [1.165, 1.54) is 41.6 Å². The molecule has 0 bridgehead atoms. The number of carbonyl (C=O) groups excluding carboxylic acids is 1. The number of fused-ring (bicyclic) bond motifs is 2. The molecule has 0 atom stereocenters. The third kappa shape index (κ3) is 3.03. The van der Waals surface area contributed by atoms with E-state index in [0.717, 1.165) is 31.5 Å².